The van der Waals surface area contributed by atoms with Gasteiger partial charge in [-0.15, -0.1) is 0 Å². The van der Waals surface area contributed by atoms with Gasteiger partial charge in [-0.1, -0.05) is 37.1 Å². The van der Waals surface area contributed by atoms with Gasteiger partial charge < -0.3 is 10.8 Å². The molecule has 19 heavy (non-hydrogen) atoms. The topological polar surface area (TPSA) is 46.2 Å². The second-order valence-corrected chi connectivity index (χ2v) is 6.35. The molecule has 1 saturated carbocycles. The van der Waals surface area contributed by atoms with Crippen LogP contribution in [0.4, 0.5) is 0 Å². The molecule has 0 radical (unpaired) electrons. The van der Waals surface area contributed by atoms with Crippen LogP contribution < -0.4 is 5.73 Å². The molecule has 0 amide bonds. The lowest BCUT2D eigenvalue weighted by Crippen LogP contribution is -2.35. The minimum atomic E-state index is -0.422. The average molecular weight is 261 g/mol. The van der Waals surface area contributed by atoms with Gasteiger partial charge in [-0.05, 0) is 50.2 Å². The zero-order valence-corrected chi connectivity index (χ0v) is 12.4. The van der Waals surface area contributed by atoms with Gasteiger partial charge in [0.05, 0.1) is 6.10 Å². The van der Waals surface area contributed by atoms with Crippen molar-refractivity contribution in [1.29, 1.82) is 0 Å². The maximum atomic E-state index is 10.9. The number of nitrogens with two attached hydrogens (primary N) is 1. The molecule has 1 aromatic carbocycles. The zero-order valence-electron chi connectivity index (χ0n) is 12.4. The van der Waals surface area contributed by atoms with E-state index in [2.05, 4.69) is 39.0 Å². The fourth-order valence-electron chi connectivity index (χ4n) is 3.63. The molecule has 106 valence electrons. The van der Waals surface area contributed by atoms with Crippen LogP contribution >= 0.6 is 0 Å². The van der Waals surface area contributed by atoms with E-state index in [-0.39, 0.29) is 5.41 Å². The first-order valence-electron chi connectivity index (χ1n) is 7.47. The summed E-state index contributed by atoms with van der Waals surface area (Å²) in [5.41, 5.74) is 9.42. The Labute approximate surface area is 117 Å². The second kappa shape index (κ2) is 5.64. The molecule has 3 N–H and O–H groups in total. The van der Waals surface area contributed by atoms with Crippen molar-refractivity contribution in [1.82, 2.24) is 0 Å². The van der Waals surface area contributed by atoms with Crippen molar-refractivity contribution in [2.75, 3.05) is 6.54 Å². The van der Waals surface area contributed by atoms with Gasteiger partial charge in [0.2, 0.25) is 0 Å². The molecule has 0 aliphatic heterocycles. The second-order valence-electron chi connectivity index (χ2n) is 6.35. The molecule has 3 unspecified atom stereocenters. The third kappa shape index (κ3) is 2.70. The summed E-state index contributed by atoms with van der Waals surface area (Å²) in [6, 6.07) is 6.31. The van der Waals surface area contributed by atoms with Crippen molar-refractivity contribution in [3.8, 4) is 0 Å². The summed E-state index contributed by atoms with van der Waals surface area (Å²) in [6.07, 6.45) is 4.09. The van der Waals surface area contributed by atoms with E-state index < -0.39 is 6.10 Å². The number of aliphatic hydroxyl groups is 1. The first-order chi connectivity index (χ1) is 9.02. The monoisotopic (exact) mass is 261 g/mol. The number of aliphatic hydroxyl groups excluding tert-OH is 1. The van der Waals surface area contributed by atoms with E-state index in [1.807, 2.05) is 0 Å². The highest BCUT2D eigenvalue weighted by Crippen LogP contribution is 2.50. The van der Waals surface area contributed by atoms with E-state index in [4.69, 9.17) is 5.73 Å². The molecule has 0 aromatic heterocycles. The first-order valence-corrected chi connectivity index (χ1v) is 7.47. The Morgan fingerprint density at radius 2 is 2.16 bits per heavy atom. The third-order valence-electron chi connectivity index (χ3n) is 5.03. The summed E-state index contributed by atoms with van der Waals surface area (Å²) in [5.74, 6) is 0.726. The molecule has 0 bridgehead atoms. The van der Waals surface area contributed by atoms with Crippen LogP contribution in [-0.2, 0) is 0 Å². The summed E-state index contributed by atoms with van der Waals surface area (Å²) in [7, 11) is 0. The van der Waals surface area contributed by atoms with Crippen LogP contribution in [0.5, 0.6) is 0 Å². The van der Waals surface area contributed by atoms with Gasteiger partial charge in [-0.25, -0.2) is 0 Å². The van der Waals surface area contributed by atoms with E-state index in [1.165, 1.54) is 24.0 Å². The third-order valence-corrected chi connectivity index (χ3v) is 5.03. The van der Waals surface area contributed by atoms with Gasteiger partial charge in [0.15, 0.2) is 0 Å². The van der Waals surface area contributed by atoms with Crippen LogP contribution in [0.2, 0.25) is 0 Å². The molecular weight excluding hydrogens is 234 g/mol. The standard InChI is InChI=1S/C17H27NO/c1-4-14-7-8-17(10-14,11-18)16(19)15-6-5-12(2)9-13(15)3/h5-6,9,14,16,19H,4,7-8,10-11,18H2,1-3H3. The molecule has 1 aromatic rings. The minimum Gasteiger partial charge on any atom is -0.388 e. The molecule has 2 heteroatoms. The number of rotatable bonds is 4. The average Bonchev–Trinajstić information content (AvgIpc) is 2.83. The first kappa shape index (κ1) is 14.5. The van der Waals surface area contributed by atoms with Crippen molar-refractivity contribution in [3.63, 3.8) is 0 Å². The van der Waals surface area contributed by atoms with E-state index in [0.29, 0.717) is 6.54 Å². The van der Waals surface area contributed by atoms with Crippen LogP contribution in [0.3, 0.4) is 0 Å². The highest BCUT2D eigenvalue weighted by molar-refractivity contribution is 5.33. The van der Waals surface area contributed by atoms with Crippen molar-refractivity contribution < 1.29 is 5.11 Å². The van der Waals surface area contributed by atoms with E-state index in [1.54, 1.807) is 0 Å². The molecule has 1 aliphatic carbocycles. The van der Waals surface area contributed by atoms with Crippen molar-refractivity contribution in [3.05, 3.63) is 34.9 Å². The molecule has 1 fully saturated rings. The Morgan fingerprint density at radius 1 is 1.42 bits per heavy atom. The van der Waals surface area contributed by atoms with E-state index >= 15 is 0 Å². The number of aryl methyl sites for hydroxylation is 2. The lowest BCUT2D eigenvalue weighted by molar-refractivity contribution is 0.0297. The molecule has 0 saturated heterocycles. The van der Waals surface area contributed by atoms with Gasteiger partial charge in [-0.3, -0.25) is 0 Å². The fourth-order valence-corrected chi connectivity index (χ4v) is 3.63. The molecule has 3 atom stereocenters. The molecular formula is C17H27NO. The number of hydrogen-bond donors (Lipinski definition) is 2. The van der Waals surface area contributed by atoms with Crippen LogP contribution in [-0.4, -0.2) is 11.7 Å². The van der Waals surface area contributed by atoms with Gasteiger partial charge in [0.25, 0.3) is 0 Å². The summed E-state index contributed by atoms with van der Waals surface area (Å²) in [5, 5.41) is 10.9. The minimum absolute atomic E-state index is 0.110. The Kier molecular flexibility index (Phi) is 4.32. The van der Waals surface area contributed by atoms with Gasteiger partial charge in [0, 0.05) is 12.0 Å². The normalized spacial score (nSPS) is 28.6. The van der Waals surface area contributed by atoms with Gasteiger partial charge >= 0.3 is 0 Å². The van der Waals surface area contributed by atoms with Crippen molar-refractivity contribution in [2.45, 2.75) is 52.6 Å². The van der Waals surface area contributed by atoms with Gasteiger partial charge in [-0.2, -0.15) is 0 Å². The molecule has 0 spiro atoms. The molecule has 0 heterocycles. The molecule has 2 rings (SSSR count). The Hall–Kier alpha value is -0.860. The van der Waals surface area contributed by atoms with Crippen LogP contribution in [0.1, 0.15) is 55.4 Å². The lowest BCUT2D eigenvalue weighted by Gasteiger charge is -2.34. The Bertz CT molecular complexity index is 443. The smallest absolute Gasteiger partial charge is 0.0860 e. The largest absolute Gasteiger partial charge is 0.388 e. The lowest BCUT2D eigenvalue weighted by atomic mass is 9.75. The highest BCUT2D eigenvalue weighted by Gasteiger charge is 2.43. The number of hydrogen-bond acceptors (Lipinski definition) is 2. The maximum absolute atomic E-state index is 10.9. The van der Waals surface area contributed by atoms with E-state index in [0.717, 1.165) is 24.3 Å². The maximum Gasteiger partial charge on any atom is 0.0860 e. The number of benzene rings is 1. The quantitative estimate of drug-likeness (QED) is 0.871. The predicted molar refractivity (Wildman–Crippen MR) is 80.0 cm³/mol. The summed E-state index contributed by atoms with van der Waals surface area (Å²) in [4.78, 5) is 0. The van der Waals surface area contributed by atoms with Crippen molar-refractivity contribution >= 4 is 0 Å². The van der Waals surface area contributed by atoms with Gasteiger partial charge in [0.1, 0.15) is 0 Å². The Morgan fingerprint density at radius 3 is 2.68 bits per heavy atom. The van der Waals surface area contributed by atoms with E-state index in [9.17, 15) is 5.11 Å². The SMILES string of the molecule is CCC1CCC(CN)(C(O)c2ccc(C)cc2C)C1. The Balaban J connectivity index is 2.28. The fraction of sp³-hybridized carbons (Fsp3) is 0.647. The molecule has 1 aliphatic rings. The van der Waals surface area contributed by atoms with Crippen LogP contribution in [0, 0.1) is 25.2 Å². The zero-order chi connectivity index (χ0) is 14.0. The van der Waals surface area contributed by atoms with Crippen molar-refractivity contribution in [2.24, 2.45) is 17.1 Å². The summed E-state index contributed by atoms with van der Waals surface area (Å²) >= 11 is 0. The summed E-state index contributed by atoms with van der Waals surface area (Å²) < 4.78 is 0. The predicted octanol–water partition coefficient (Wildman–Crippen LogP) is 3.49. The van der Waals surface area contributed by atoms with Crippen LogP contribution in [0.25, 0.3) is 0 Å². The molecule has 2 nitrogen and oxygen atoms in total. The summed E-state index contributed by atoms with van der Waals surface area (Å²) in [6.45, 7) is 6.99. The van der Waals surface area contributed by atoms with Crippen LogP contribution in [0.15, 0.2) is 18.2 Å². The highest BCUT2D eigenvalue weighted by atomic mass is 16.3.